The maximum Gasteiger partial charge on any atom is 0.245 e. The van der Waals surface area contributed by atoms with Crippen LogP contribution in [-0.2, 0) is 17.1 Å². The number of aromatic nitrogens is 2. The summed E-state index contributed by atoms with van der Waals surface area (Å²) >= 11 is 0. The second-order valence-corrected chi connectivity index (χ2v) is 6.81. The Bertz CT molecular complexity index is 523. The number of nitrogens with two attached hydrogens (primary N) is 1. The molecule has 0 aromatic carbocycles. The monoisotopic (exact) mass is 272 g/mol. The van der Waals surface area contributed by atoms with Crippen molar-refractivity contribution in [2.45, 2.75) is 31.1 Å². The first kappa shape index (κ1) is 13.4. The molecule has 1 aromatic heterocycles. The van der Waals surface area contributed by atoms with Crippen LogP contribution in [0, 0.1) is 11.8 Å². The molecule has 1 aromatic rings. The summed E-state index contributed by atoms with van der Waals surface area (Å²) in [6.07, 6.45) is 4.88. The van der Waals surface area contributed by atoms with E-state index < -0.39 is 10.0 Å². The van der Waals surface area contributed by atoms with Crippen LogP contribution in [0.25, 0.3) is 0 Å². The second-order valence-electron chi connectivity index (χ2n) is 5.07. The highest BCUT2D eigenvalue weighted by Gasteiger charge is 2.26. The molecule has 0 bridgehead atoms. The zero-order valence-electron chi connectivity index (χ0n) is 10.8. The van der Waals surface area contributed by atoms with Gasteiger partial charge in [-0.05, 0) is 18.3 Å². The first-order valence-corrected chi connectivity index (χ1v) is 7.67. The van der Waals surface area contributed by atoms with Gasteiger partial charge >= 0.3 is 0 Å². The van der Waals surface area contributed by atoms with Crippen LogP contribution in [0.4, 0.5) is 5.82 Å². The summed E-state index contributed by atoms with van der Waals surface area (Å²) in [6, 6.07) is 0. The highest BCUT2D eigenvalue weighted by molar-refractivity contribution is 7.89. The van der Waals surface area contributed by atoms with E-state index in [1.807, 2.05) is 0 Å². The number of hydrogen-bond acceptors (Lipinski definition) is 4. The van der Waals surface area contributed by atoms with E-state index >= 15 is 0 Å². The highest BCUT2D eigenvalue weighted by atomic mass is 32.2. The molecule has 2 atom stereocenters. The molecule has 2 unspecified atom stereocenters. The quantitative estimate of drug-likeness (QED) is 0.845. The molecule has 7 heteroatoms. The molecule has 1 aliphatic carbocycles. The molecule has 0 spiro atoms. The average molecular weight is 272 g/mol. The van der Waals surface area contributed by atoms with Gasteiger partial charge in [-0.25, -0.2) is 13.1 Å². The lowest BCUT2D eigenvalue weighted by Crippen LogP contribution is -2.30. The zero-order valence-corrected chi connectivity index (χ0v) is 11.6. The van der Waals surface area contributed by atoms with Gasteiger partial charge in [-0.2, -0.15) is 5.10 Å². The Labute approximate surface area is 108 Å². The normalized spacial score (nSPS) is 24.6. The minimum atomic E-state index is -3.54. The summed E-state index contributed by atoms with van der Waals surface area (Å²) < 4.78 is 28.2. The lowest BCUT2D eigenvalue weighted by molar-refractivity contribution is 0.414. The zero-order chi connectivity index (χ0) is 13.3. The van der Waals surface area contributed by atoms with Crippen molar-refractivity contribution in [3.8, 4) is 0 Å². The average Bonchev–Trinajstić information content (AvgIpc) is 2.82. The van der Waals surface area contributed by atoms with Gasteiger partial charge in [0.1, 0.15) is 4.90 Å². The van der Waals surface area contributed by atoms with Crippen LogP contribution in [0.15, 0.2) is 11.1 Å². The van der Waals surface area contributed by atoms with Gasteiger partial charge in [0.15, 0.2) is 5.82 Å². The molecule has 3 N–H and O–H groups in total. The van der Waals surface area contributed by atoms with Gasteiger partial charge in [0.25, 0.3) is 0 Å². The van der Waals surface area contributed by atoms with E-state index in [4.69, 9.17) is 5.73 Å². The molecule has 102 valence electrons. The van der Waals surface area contributed by atoms with Crippen LogP contribution in [0.1, 0.15) is 26.2 Å². The fraction of sp³-hybridized carbons (Fsp3) is 0.727. The number of hydrogen-bond donors (Lipinski definition) is 2. The predicted octanol–water partition coefficient (Wildman–Crippen LogP) is 0.717. The van der Waals surface area contributed by atoms with Crippen molar-refractivity contribution in [2.24, 2.45) is 18.9 Å². The van der Waals surface area contributed by atoms with Crippen LogP contribution in [0.2, 0.25) is 0 Å². The van der Waals surface area contributed by atoms with Crippen molar-refractivity contribution in [3.05, 3.63) is 6.20 Å². The summed E-state index contributed by atoms with van der Waals surface area (Å²) in [6.45, 7) is 2.65. The minimum Gasteiger partial charge on any atom is -0.381 e. The van der Waals surface area contributed by atoms with Crippen molar-refractivity contribution in [2.75, 3.05) is 12.3 Å². The number of sulfonamides is 1. The topological polar surface area (TPSA) is 90.0 Å². The Balaban J connectivity index is 2.06. The van der Waals surface area contributed by atoms with Crippen molar-refractivity contribution in [1.82, 2.24) is 14.5 Å². The molecule has 1 heterocycles. The molecule has 18 heavy (non-hydrogen) atoms. The molecular formula is C11H20N4O2S. The fourth-order valence-corrected chi connectivity index (χ4v) is 3.71. The summed E-state index contributed by atoms with van der Waals surface area (Å²) in [4.78, 5) is 0.0654. The van der Waals surface area contributed by atoms with Gasteiger partial charge in [0.2, 0.25) is 10.0 Å². The van der Waals surface area contributed by atoms with Crippen LogP contribution < -0.4 is 10.5 Å². The summed E-state index contributed by atoms with van der Waals surface area (Å²) in [7, 11) is -1.89. The molecule has 0 saturated heterocycles. The summed E-state index contributed by atoms with van der Waals surface area (Å²) in [5.74, 6) is 1.06. The van der Waals surface area contributed by atoms with E-state index in [1.165, 1.54) is 23.7 Å². The Morgan fingerprint density at radius 1 is 1.56 bits per heavy atom. The molecule has 2 rings (SSSR count). The smallest absolute Gasteiger partial charge is 0.245 e. The lowest BCUT2D eigenvalue weighted by atomic mass is 9.99. The Hall–Kier alpha value is -1.08. The van der Waals surface area contributed by atoms with E-state index in [0.717, 1.165) is 6.42 Å². The third-order valence-electron chi connectivity index (χ3n) is 3.69. The SMILES string of the molecule is CC1CCCC1CNS(=O)(=O)c1cn(C)nc1N. The van der Waals surface area contributed by atoms with E-state index in [2.05, 4.69) is 16.7 Å². The molecule has 0 radical (unpaired) electrons. The molecular weight excluding hydrogens is 252 g/mol. The Morgan fingerprint density at radius 3 is 2.78 bits per heavy atom. The third kappa shape index (κ3) is 2.67. The van der Waals surface area contributed by atoms with Gasteiger partial charge in [-0.15, -0.1) is 0 Å². The first-order chi connectivity index (χ1) is 8.40. The van der Waals surface area contributed by atoms with Gasteiger partial charge in [0, 0.05) is 19.8 Å². The van der Waals surface area contributed by atoms with Crippen LogP contribution >= 0.6 is 0 Å². The van der Waals surface area contributed by atoms with Gasteiger partial charge in [0.05, 0.1) is 0 Å². The summed E-state index contributed by atoms with van der Waals surface area (Å²) in [5.41, 5.74) is 5.59. The lowest BCUT2D eigenvalue weighted by Gasteiger charge is -2.15. The molecule has 0 amide bonds. The molecule has 0 aliphatic heterocycles. The maximum atomic E-state index is 12.1. The van der Waals surface area contributed by atoms with Crippen LogP contribution in [-0.4, -0.2) is 24.7 Å². The van der Waals surface area contributed by atoms with Crippen molar-refractivity contribution >= 4 is 15.8 Å². The van der Waals surface area contributed by atoms with Gasteiger partial charge < -0.3 is 5.73 Å². The standard InChI is InChI=1S/C11H20N4O2S/c1-8-4-3-5-9(8)6-13-18(16,17)10-7-15(2)14-11(10)12/h7-9,13H,3-6H2,1-2H3,(H2,12,14). The number of nitrogens with zero attached hydrogens (tertiary/aromatic N) is 2. The van der Waals surface area contributed by atoms with Crippen molar-refractivity contribution in [3.63, 3.8) is 0 Å². The number of aryl methyl sites for hydroxylation is 1. The Morgan fingerprint density at radius 2 is 2.28 bits per heavy atom. The highest BCUT2D eigenvalue weighted by Crippen LogP contribution is 2.30. The van der Waals surface area contributed by atoms with Gasteiger partial charge in [-0.1, -0.05) is 19.8 Å². The number of nitrogen functional groups attached to an aromatic ring is 1. The molecule has 1 saturated carbocycles. The minimum absolute atomic E-state index is 0.0458. The molecule has 1 aliphatic rings. The number of nitrogens with one attached hydrogen (secondary N) is 1. The number of anilines is 1. The van der Waals surface area contributed by atoms with Crippen molar-refractivity contribution in [1.29, 1.82) is 0 Å². The van der Waals surface area contributed by atoms with E-state index in [1.54, 1.807) is 7.05 Å². The molecule has 1 fully saturated rings. The second kappa shape index (κ2) is 4.89. The fourth-order valence-electron chi connectivity index (χ4n) is 2.51. The van der Waals surface area contributed by atoms with E-state index in [0.29, 0.717) is 18.4 Å². The maximum absolute atomic E-state index is 12.1. The summed E-state index contributed by atoms with van der Waals surface area (Å²) in [5, 5.41) is 3.85. The van der Waals surface area contributed by atoms with E-state index in [-0.39, 0.29) is 10.7 Å². The molecule has 6 nitrogen and oxygen atoms in total. The Kier molecular flexibility index (Phi) is 3.63. The third-order valence-corrected chi connectivity index (χ3v) is 5.13. The number of rotatable bonds is 4. The predicted molar refractivity (Wildman–Crippen MR) is 69.3 cm³/mol. The largest absolute Gasteiger partial charge is 0.381 e. The van der Waals surface area contributed by atoms with Crippen LogP contribution in [0.5, 0.6) is 0 Å². The first-order valence-electron chi connectivity index (χ1n) is 6.19. The van der Waals surface area contributed by atoms with E-state index in [9.17, 15) is 8.42 Å². The van der Waals surface area contributed by atoms with Crippen molar-refractivity contribution < 1.29 is 8.42 Å². The van der Waals surface area contributed by atoms with Gasteiger partial charge in [-0.3, -0.25) is 4.68 Å². The van der Waals surface area contributed by atoms with Crippen LogP contribution in [0.3, 0.4) is 0 Å².